The first-order chi connectivity index (χ1) is 11.4. The van der Waals surface area contributed by atoms with Crippen molar-refractivity contribution in [3.63, 3.8) is 0 Å². The molecule has 0 unspecified atom stereocenters. The predicted octanol–water partition coefficient (Wildman–Crippen LogP) is 2.63. The average molecular weight is 330 g/mol. The van der Waals surface area contributed by atoms with E-state index in [1.807, 2.05) is 31.2 Å². The van der Waals surface area contributed by atoms with Gasteiger partial charge in [0.05, 0.1) is 6.54 Å². The maximum Gasteiger partial charge on any atom is 0.251 e. The maximum absolute atomic E-state index is 11.8. The van der Waals surface area contributed by atoms with Gasteiger partial charge in [0.1, 0.15) is 0 Å². The van der Waals surface area contributed by atoms with Gasteiger partial charge in [0.15, 0.2) is 5.96 Å². The fraction of sp³-hybridized carbons (Fsp3) is 0.579. The fourth-order valence-electron chi connectivity index (χ4n) is 2.91. The lowest BCUT2D eigenvalue weighted by Crippen LogP contribution is -2.40. The summed E-state index contributed by atoms with van der Waals surface area (Å²) < 4.78 is 0. The Labute approximate surface area is 145 Å². The van der Waals surface area contributed by atoms with Crippen molar-refractivity contribution in [2.45, 2.75) is 40.7 Å². The van der Waals surface area contributed by atoms with Crippen LogP contribution in [0, 0.1) is 5.41 Å². The highest BCUT2D eigenvalue weighted by Gasteiger charge is 2.30. The average Bonchev–Trinajstić information content (AvgIpc) is 2.92. The number of carbonyl (C=O) groups excluding carboxylic acids is 1. The van der Waals surface area contributed by atoms with Crippen LogP contribution >= 0.6 is 0 Å². The van der Waals surface area contributed by atoms with Crippen LogP contribution in [0.5, 0.6) is 0 Å². The third-order valence-electron chi connectivity index (χ3n) is 4.28. The topological polar surface area (TPSA) is 56.7 Å². The number of aliphatic imine (C=N–C) groups is 1. The third kappa shape index (κ3) is 4.98. The molecular weight excluding hydrogens is 300 g/mol. The van der Waals surface area contributed by atoms with E-state index in [0.29, 0.717) is 24.1 Å². The molecule has 5 heteroatoms. The second kappa shape index (κ2) is 8.18. The number of hydrogen-bond acceptors (Lipinski definition) is 2. The van der Waals surface area contributed by atoms with Crippen LogP contribution < -0.4 is 10.6 Å². The van der Waals surface area contributed by atoms with Crippen molar-refractivity contribution in [2.24, 2.45) is 10.4 Å². The van der Waals surface area contributed by atoms with Gasteiger partial charge in [-0.25, -0.2) is 4.99 Å². The van der Waals surface area contributed by atoms with Crippen LogP contribution in [-0.2, 0) is 6.54 Å². The van der Waals surface area contributed by atoms with Gasteiger partial charge < -0.3 is 15.5 Å². The Morgan fingerprint density at radius 2 is 1.83 bits per heavy atom. The van der Waals surface area contributed by atoms with E-state index in [-0.39, 0.29) is 5.91 Å². The van der Waals surface area contributed by atoms with Crippen molar-refractivity contribution in [3.05, 3.63) is 35.4 Å². The number of guanidine groups is 1. The highest BCUT2D eigenvalue weighted by Crippen LogP contribution is 2.28. The van der Waals surface area contributed by atoms with Gasteiger partial charge in [0, 0.05) is 31.7 Å². The van der Waals surface area contributed by atoms with E-state index in [0.717, 1.165) is 31.2 Å². The predicted molar refractivity (Wildman–Crippen MR) is 99.2 cm³/mol. The molecule has 1 amide bonds. The standard InChI is InChI=1S/C19H30N4O/c1-5-20-17(24)16-9-7-15(8-10-16)13-22-18(21-6-2)23-12-11-19(3,4)14-23/h7-10H,5-6,11-14H2,1-4H3,(H,20,24)(H,21,22). The number of nitrogens with zero attached hydrogens (tertiary/aromatic N) is 2. The van der Waals surface area contributed by atoms with E-state index in [2.05, 4.69) is 36.3 Å². The zero-order valence-electron chi connectivity index (χ0n) is 15.4. The summed E-state index contributed by atoms with van der Waals surface area (Å²) in [5.41, 5.74) is 2.15. The molecule has 1 aromatic carbocycles. The molecule has 24 heavy (non-hydrogen) atoms. The van der Waals surface area contributed by atoms with E-state index in [1.165, 1.54) is 6.42 Å². The molecule has 1 fully saturated rings. The molecule has 132 valence electrons. The summed E-state index contributed by atoms with van der Waals surface area (Å²) in [6.07, 6.45) is 1.19. The molecule has 2 N–H and O–H groups in total. The third-order valence-corrected chi connectivity index (χ3v) is 4.28. The van der Waals surface area contributed by atoms with Crippen LogP contribution in [0.2, 0.25) is 0 Å². The molecule has 0 aliphatic carbocycles. The Morgan fingerprint density at radius 1 is 1.17 bits per heavy atom. The summed E-state index contributed by atoms with van der Waals surface area (Å²) in [6, 6.07) is 7.68. The first kappa shape index (κ1) is 18.3. The Hall–Kier alpha value is -2.04. The molecule has 1 saturated heterocycles. The molecule has 0 saturated carbocycles. The van der Waals surface area contributed by atoms with Crippen LogP contribution in [0.3, 0.4) is 0 Å². The summed E-state index contributed by atoms with van der Waals surface area (Å²) in [6.45, 7) is 12.8. The molecule has 1 aromatic rings. The highest BCUT2D eigenvalue weighted by atomic mass is 16.1. The van der Waals surface area contributed by atoms with Crippen molar-refractivity contribution < 1.29 is 4.79 Å². The first-order valence-electron chi connectivity index (χ1n) is 8.85. The monoisotopic (exact) mass is 330 g/mol. The fourth-order valence-corrected chi connectivity index (χ4v) is 2.91. The van der Waals surface area contributed by atoms with Gasteiger partial charge in [-0.1, -0.05) is 26.0 Å². The van der Waals surface area contributed by atoms with Gasteiger partial charge in [0.25, 0.3) is 5.91 Å². The minimum atomic E-state index is -0.0276. The molecular formula is C19H30N4O. The lowest BCUT2D eigenvalue weighted by atomic mass is 9.93. The summed E-state index contributed by atoms with van der Waals surface area (Å²) in [5, 5.41) is 6.20. The van der Waals surface area contributed by atoms with Crippen LogP contribution in [0.15, 0.2) is 29.3 Å². The number of carbonyl (C=O) groups is 1. The lowest BCUT2D eigenvalue weighted by molar-refractivity contribution is 0.0956. The quantitative estimate of drug-likeness (QED) is 0.644. The highest BCUT2D eigenvalue weighted by molar-refractivity contribution is 5.94. The lowest BCUT2D eigenvalue weighted by Gasteiger charge is -2.23. The van der Waals surface area contributed by atoms with E-state index < -0.39 is 0 Å². The molecule has 0 aromatic heterocycles. The Kier molecular flexibility index (Phi) is 6.23. The number of rotatable bonds is 5. The first-order valence-corrected chi connectivity index (χ1v) is 8.85. The summed E-state index contributed by atoms with van der Waals surface area (Å²) in [7, 11) is 0. The Bertz CT molecular complexity index is 578. The van der Waals surface area contributed by atoms with Gasteiger partial charge in [-0.2, -0.15) is 0 Å². The Morgan fingerprint density at radius 3 is 2.38 bits per heavy atom. The molecule has 0 spiro atoms. The van der Waals surface area contributed by atoms with Crippen molar-refractivity contribution >= 4 is 11.9 Å². The molecule has 1 aliphatic heterocycles. The van der Waals surface area contributed by atoms with E-state index in [9.17, 15) is 4.79 Å². The van der Waals surface area contributed by atoms with Gasteiger partial charge in [-0.3, -0.25) is 4.79 Å². The summed E-state index contributed by atoms with van der Waals surface area (Å²) >= 11 is 0. The number of likely N-dealkylation sites (tertiary alicyclic amines) is 1. The summed E-state index contributed by atoms with van der Waals surface area (Å²) in [5.74, 6) is 0.955. The number of amides is 1. The van der Waals surface area contributed by atoms with Crippen molar-refractivity contribution in [1.82, 2.24) is 15.5 Å². The zero-order valence-corrected chi connectivity index (χ0v) is 15.4. The van der Waals surface area contributed by atoms with Gasteiger partial charge in [0.2, 0.25) is 0 Å². The molecule has 5 nitrogen and oxygen atoms in total. The molecule has 1 heterocycles. The molecule has 0 bridgehead atoms. The van der Waals surface area contributed by atoms with Crippen LogP contribution in [0.4, 0.5) is 0 Å². The largest absolute Gasteiger partial charge is 0.357 e. The Balaban J connectivity index is 2.02. The van der Waals surface area contributed by atoms with Crippen LogP contribution in [0.25, 0.3) is 0 Å². The van der Waals surface area contributed by atoms with Crippen LogP contribution in [0.1, 0.15) is 50.0 Å². The van der Waals surface area contributed by atoms with E-state index in [4.69, 9.17) is 4.99 Å². The summed E-state index contributed by atoms with van der Waals surface area (Å²) in [4.78, 5) is 18.9. The molecule has 0 radical (unpaired) electrons. The SMILES string of the molecule is CCNC(=O)c1ccc(CN=C(NCC)N2CCC(C)(C)C2)cc1. The van der Waals surface area contributed by atoms with Gasteiger partial charge >= 0.3 is 0 Å². The number of nitrogens with one attached hydrogen (secondary N) is 2. The van der Waals surface area contributed by atoms with Crippen molar-refractivity contribution in [1.29, 1.82) is 0 Å². The van der Waals surface area contributed by atoms with Gasteiger partial charge in [-0.15, -0.1) is 0 Å². The smallest absolute Gasteiger partial charge is 0.251 e. The van der Waals surface area contributed by atoms with Crippen molar-refractivity contribution in [3.8, 4) is 0 Å². The minimum absolute atomic E-state index is 0.0276. The van der Waals surface area contributed by atoms with Crippen molar-refractivity contribution in [2.75, 3.05) is 26.2 Å². The minimum Gasteiger partial charge on any atom is -0.357 e. The van der Waals surface area contributed by atoms with Crippen LogP contribution in [-0.4, -0.2) is 42.9 Å². The molecule has 0 atom stereocenters. The molecule has 2 rings (SSSR count). The normalized spacial score (nSPS) is 17.0. The van der Waals surface area contributed by atoms with E-state index in [1.54, 1.807) is 0 Å². The second-order valence-electron chi connectivity index (χ2n) is 7.06. The molecule has 1 aliphatic rings. The second-order valence-corrected chi connectivity index (χ2v) is 7.06. The number of hydrogen-bond donors (Lipinski definition) is 2. The van der Waals surface area contributed by atoms with E-state index >= 15 is 0 Å². The maximum atomic E-state index is 11.8. The zero-order chi connectivity index (χ0) is 17.6. The number of benzene rings is 1. The van der Waals surface area contributed by atoms with Gasteiger partial charge in [-0.05, 0) is 43.4 Å².